The molecule has 0 radical (unpaired) electrons. The molecule has 0 bridgehead atoms. The standard InChI is InChI=1S/C14H25NO5Si/c1-14(2,3)21(4,5)20-9-11-10(12(16)17)7-6-8-15(11)13(18)19/h7,11H,6,8-9H2,1-5H3,(H,16,17)(H,18,19). The lowest BCUT2D eigenvalue weighted by molar-refractivity contribution is -0.133. The van der Waals surface area contributed by atoms with Gasteiger partial charge in [-0.05, 0) is 24.6 Å². The molecular formula is C14H25NO5Si. The van der Waals surface area contributed by atoms with E-state index in [0.717, 1.165) is 4.90 Å². The van der Waals surface area contributed by atoms with Crippen molar-refractivity contribution in [3.8, 4) is 0 Å². The van der Waals surface area contributed by atoms with Crippen LogP contribution in [0.25, 0.3) is 0 Å². The molecule has 7 heteroatoms. The lowest BCUT2D eigenvalue weighted by atomic mass is 10.0. The van der Waals surface area contributed by atoms with Gasteiger partial charge in [0.1, 0.15) is 0 Å². The average Bonchev–Trinajstić information content (AvgIpc) is 2.34. The Bertz CT molecular complexity index is 453. The third-order valence-electron chi connectivity index (χ3n) is 4.37. The quantitative estimate of drug-likeness (QED) is 0.779. The second kappa shape index (κ2) is 6.19. The van der Waals surface area contributed by atoms with Crippen LogP contribution in [0.2, 0.25) is 18.1 Å². The maximum Gasteiger partial charge on any atom is 0.407 e. The van der Waals surface area contributed by atoms with E-state index in [-0.39, 0.29) is 17.2 Å². The van der Waals surface area contributed by atoms with Crippen LogP contribution >= 0.6 is 0 Å². The Morgan fingerprint density at radius 3 is 2.38 bits per heavy atom. The van der Waals surface area contributed by atoms with Crippen molar-refractivity contribution in [1.82, 2.24) is 4.90 Å². The summed E-state index contributed by atoms with van der Waals surface area (Å²) in [6.45, 7) is 10.8. The Morgan fingerprint density at radius 2 is 1.95 bits per heavy atom. The Morgan fingerprint density at radius 1 is 1.38 bits per heavy atom. The largest absolute Gasteiger partial charge is 0.478 e. The smallest absolute Gasteiger partial charge is 0.407 e. The first-order valence-corrected chi connectivity index (χ1v) is 9.95. The van der Waals surface area contributed by atoms with Gasteiger partial charge in [-0.2, -0.15) is 0 Å². The van der Waals surface area contributed by atoms with Crippen molar-refractivity contribution >= 4 is 20.4 Å². The van der Waals surface area contributed by atoms with Gasteiger partial charge in [-0.25, -0.2) is 9.59 Å². The number of aliphatic carboxylic acids is 1. The maximum absolute atomic E-state index is 11.3. The first-order chi connectivity index (χ1) is 9.47. The van der Waals surface area contributed by atoms with E-state index in [9.17, 15) is 19.8 Å². The lowest BCUT2D eigenvalue weighted by Gasteiger charge is -2.39. The normalized spacial score (nSPS) is 20.1. The zero-order chi connectivity index (χ0) is 16.4. The molecule has 120 valence electrons. The van der Waals surface area contributed by atoms with E-state index in [1.165, 1.54) is 0 Å². The van der Waals surface area contributed by atoms with Crippen molar-refractivity contribution in [3.05, 3.63) is 11.6 Å². The highest BCUT2D eigenvalue weighted by Crippen LogP contribution is 2.37. The lowest BCUT2D eigenvalue weighted by Crippen LogP contribution is -2.51. The van der Waals surface area contributed by atoms with Crippen LogP contribution in [0.5, 0.6) is 0 Å². The van der Waals surface area contributed by atoms with Crippen molar-refractivity contribution in [2.75, 3.05) is 13.2 Å². The van der Waals surface area contributed by atoms with Gasteiger partial charge in [0.05, 0.1) is 18.2 Å². The highest BCUT2D eigenvalue weighted by atomic mass is 28.4. The number of carboxylic acids is 1. The molecule has 1 heterocycles. The fourth-order valence-electron chi connectivity index (χ4n) is 1.96. The minimum atomic E-state index is -2.06. The summed E-state index contributed by atoms with van der Waals surface area (Å²) in [5.41, 5.74) is 0.113. The molecule has 21 heavy (non-hydrogen) atoms. The second-order valence-electron chi connectivity index (χ2n) is 6.82. The zero-order valence-electron chi connectivity index (χ0n) is 13.3. The van der Waals surface area contributed by atoms with Gasteiger partial charge in [0.25, 0.3) is 0 Å². The van der Waals surface area contributed by atoms with Gasteiger partial charge >= 0.3 is 12.1 Å². The molecule has 1 atom stereocenters. The number of nitrogens with zero attached hydrogens (tertiary/aromatic N) is 1. The number of carbonyl (C=O) groups is 2. The fourth-order valence-corrected chi connectivity index (χ4v) is 2.97. The van der Waals surface area contributed by atoms with Crippen LogP contribution in [0.1, 0.15) is 27.2 Å². The summed E-state index contributed by atoms with van der Waals surface area (Å²) in [4.78, 5) is 23.8. The van der Waals surface area contributed by atoms with E-state index in [1.54, 1.807) is 6.08 Å². The van der Waals surface area contributed by atoms with Crippen molar-refractivity contribution in [3.63, 3.8) is 0 Å². The fraction of sp³-hybridized carbons (Fsp3) is 0.714. The highest BCUT2D eigenvalue weighted by molar-refractivity contribution is 6.74. The van der Waals surface area contributed by atoms with E-state index < -0.39 is 26.4 Å². The summed E-state index contributed by atoms with van der Waals surface area (Å²) >= 11 is 0. The number of hydrogen-bond donors (Lipinski definition) is 2. The van der Waals surface area contributed by atoms with Crippen LogP contribution < -0.4 is 0 Å². The molecule has 1 aliphatic rings. The van der Waals surface area contributed by atoms with Crippen LogP contribution in [0.3, 0.4) is 0 Å². The molecule has 1 amide bonds. The van der Waals surface area contributed by atoms with Gasteiger partial charge in [0.15, 0.2) is 8.32 Å². The predicted molar refractivity (Wildman–Crippen MR) is 82.0 cm³/mol. The van der Waals surface area contributed by atoms with Crippen molar-refractivity contribution < 1.29 is 24.2 Å². The molecule has 6 nitrogen and oxygen atoms in total. The molecule has 1 unspecified atom stereocenters. The monoisotopic (exact) mass is 315 g/mol. The summed E-state index contributed by atoms with van der Waals surface area (Å²) in [6.07, 6.45) is 0.914. The maximum atomic E-state index is 11.3. The minimum Gasteiger partial charge on any atom is -0.478 e. The molecule has 0 spiro atoms. The third kappa shape index (κ3) is 4.07. The first-order valence-electron chi connectivity index (χ1n) is 7.04. The van der Waals surface area contributed by atoms with E-state index >= 15 is 0 Å². The van der Waals surface area contributed by atoms with Gasteiger partial charge in [0.2, 0.25) is 0 Å². The van der Waals surface area contributed by atoms with Crippen LogP contribution in [0.15, 0.2) is 11.6 Å². The number of carboxylic acid groups (broad SMARTS) is 2. The van der Waals surface area contributed by atoms with Crippen LogP contribution in [-0.2, 0) is 9.22 Å². The molecule has 2 N–H and O–H groups in total. The van der Waals surface area contributed by atoms with Gasteiger partial charge in [-0.3, -0.25) is 4.90 Å². The van der Waals surface area contributed by atoms with Gasteiger partial charge in [-0.15, -0.1) is 0 Å². The first kappa shape index (κ1) is 17.7. The van der Waals surface area contributed by atoms with Crippen molar-refractivity contribution in [1.29, 1.82) is 0 Å². The average molecular weight is 315 g/mol. The summed E-state index contributed by atoms with van der Waals surface area (Å²) < 4.78 is 6.02. The molecule has 1 rings (SSSR count). The van der Waals surface area contributed by atoms with Crippen LogP contribution in [-0.4, -0.2) is 54.7 Å². The predicted octanol–water partition coefficient (Wildman–Crippen LogP) is 2.77. The number of hydrogen-bond acceptors (Lipinski definition) is 3. The number of amides is 1. The third-order valence-corrected chi connectivity index (χ3v) is 8.87. The molecule has 0 saturated carbocycles. The van der Waals surface area contributed by atoms with Crippen molar-refractivity contribution in [2.24, 2.45) is 0 Å². The Hall–Kier alpha value is -1.34. The molecule has 1 aliphatic heterocycles. The summed E-state index contributed by atoms with van der Waals surface area (Å²) in [7, 11) is -2.06. The van der Waals surface area contributed by atoms with E-state index in [1.807, 2.05) is 0 Å². The topological polar surface area (TPSA) is 87.1 Å². The summed E-state index contributed by atoms with van der Waals surface area (Å²) in [6, 6.07) is -0.733. The Kier molecular flexibility index (Phi) is 5.22. The molecule has 0 aromatic heterocycles. The molecule has 0 fully saturated rings. The van der Waals surface area contributed by atoms with Gasteiger partial charge in [-0.1, -0.05) is 26.8 Å². The van der Waals surface area contributed by atoms with E-state index in [4.69, 9.17) is 4.43 Å². The molecular weight excluding hydrogens is 290 g/mol. The van der Waals surface area contributed by atoms with E-state index in [0.29, 0.717) is 13.0 Å². The number of rotatable bonds is 4. The van der Waals surface area contributed by atoms with Gasteiger partial charge < -0.3 is 14.6 Å². The van der Waals surface area contributed by atoms with Crippen LogP contribution in [0.4, 0.5) is 4.79 Å². The molecule has 0 saturated heterocycles. The Balaban J connectivity index is 2.94. The van der Waals surface area contributed by atoms with Gasteiger partial charge in [0, 0.05) is 6.54 Å². The summed E-state index contributed by atoms with van der Waals surface area (Å²) in [5.74, 6) is -1.08. The zero-order valence-corrected chi connectivity index (χ0v) is 14.3. The molecule has 0 aromatic carbocycles. The van der Waals surface area contributed by atoms with Crippen LogP contribution in [0, 0.1) is 0 Å². The molecule has 0 aliphatic carbocycles. The SMILES string of the molecule is CC(C)(C)[Si](C)(C)OCC1C(C(=O)O)=CCCN1C(=O)O. The minimum absolute atomic E-state index is 0.0111. The highest BCUT2D eigenvalue weighted by Gasteiger charge is 2.40. The Labute approximate surface area is 126 Å². The van der Waals surface area contributed by atoms with E-state index in [2.05, 4.69) is 33.9 Å². The van der Waals surface area contributed by atoms with Crippen molar-refractivity contribution in [2.45, 2.75) is 51.4 Å². The summed E-state index contributed by atoms with van der Waals surface area (Å²) in [5, 5.41) is 18.5. The molecule has 0 aromatic rings. The second-order valence-corrected chi connectivity index (χ2v) is 11.6.